The summed E-state index contributed by atoms with van der Waals surface area (Å²) in [6.45, 7) is 0. The van der Waals surface area contributed by atoms with E-state index in [9.17, 15) is 0 Å². The Labute approximate surface area is 324 Å². The van der Waals surface area contributed by atoms with Crippen molar-refractivity contribution in [2.24, 2.45) is 0 Å². The molecule has 2 nitrogen and oxygen atoms in total. The number of hydrogen-bond acceptors (Lipinski definition) is 2. The second kappa shape index (κ2) is 16.0. The third-order valence-electron chi connectivity index (χ3n) is 10.4. The van der Waals surface area contributed by atoms with Crippen LogP contribution in [0.5, 0.6) is 0 Å². The fourth-order valence-electron chi connectivity index (χ4n) is 7.63. The number of hydrogen-bond donors (Lipinski definition) is 0. The zero-order valence-electron chi connectivity index (χ0n) is 31.4. The summed E-state index contributed by atoms with van der Waals surface area (Å²) in [5.74, 6) is 0. The Morgan fingerprint density at radius 3 is 1.07 bits per heavy atom. The molecule has 0 fully saturated rings. The van der Waals surface area contributed by atoms with Gasteiger partial charge in [-0.15, -0.1) is 0 Å². The summed E-state index contributed by atoms with van der Waals surface area (Å²) in [4.78, 5) is 4.34. The van der Waals surface area contributed by atoms with E-state index < -0.39 is 0 Å². The molecule has 4 atom stereocenters. The molecule has 0 aromatic heterocycles. The van der Waals surface area contributed by atoms with E-state index in [1.54, 1.807) is 0 Å². The summed E-state index contributed by atoms with van der Waals surface area (Å²) < 4.78 is 0. The molecule has 4 heteroatoms. The van der Waals surface area contributed by atoms with E-state index in [2.05, 4.69) is 220 Å². The minimum atomic E-state index is 0.166. The largest absolute Gasteiger partial charge is 0.378 e. The van der Waals surface area contributed by atoms with Gasteiger partial charge in [0.2, 0.25) is 0 Å². The smallest absolute Gasteiger partial charge is 0.0361 e. The molecule has 0 aliphatic rings. The fourth-order valence-corrected chi connectivity index (χ4v) is 10.5. The van der Waals surface area contributed by atoms with Crippen molar-refractivity contribution in [1.82, 2.24) is 0 Å². The Morgan fingerprint density at radius 1 is 0.352 bits per heavy atom. The van der Waals surface area contributed by atoms with Crippen LogP contribution in [0.2, 0.25) is 0 Å². The number of fused-ring (bicyclic) bond motifs is 2. The minimum Gasteiger partial charge on any atom is -0.378 e. The summed E-state index contributed by atoms with van der Waals surface area (Å²) >= 11 is 0. The second-order valence-corrected chi connectivity index (χ2v) is 17.2. The van der Waals surface area contributed by atoms with Crippen molar-refractivity contribution >= 4 is 60.7 Å². The monoisotopic (exact) mass is 736 g/mol. The molecule has 0 bridgehead atoms. The van der Waals surface area contributed by atoms with Gasteiger partial charge in [-0.1, -0.05) is 175 Å². The summed E-state index contributed by atoms with van der Waals surface area (Å²) in [7, 11) is 9.52. The third kappa shape index (κ3) is 7.43. The molecule has 0 saturated carbocycles. The standard InChI is InChI=1S/C50H46N2P2/c1-51(2)39-25-29-41(30-26-39)53-49(37-17-7-5-8-18-37)45-33-23-35-15-11-13-21-43(35)47(45)48-44-22-14-12-16-36(44)24-34-46(48)50(38-19-9-6-10-20-38)54-42-31-27-40(28-32-42)52(3)4/h5-34,49-50,53-54H,1-4H3. The van der Waals surface area contributed by atoms with Crippen molar-refractivity contribution in [2.75, 3.05) is 38.0 Å². The highest BCUT2D eigenvalue weighted by molar-refractivity contribution is 7.48. The van der Waals surface area contributed by atoms with Crippen LogP contribution in [0.4, 0.5) is 11.4 Å². The van der Waals surface area contributed by atoms with Crippen LogP contribution in [-0.2, 0) is 0 Å². The molecule has 266 valence electrons. The van der Waals surface area contributed by atoms with E-state index in [0.29, 0.717) is 17.2 Å². The maximum absolute atomic E-state index is 2.43. The highest BCUT2D eigenvalue weighted by atomic mass is 31.1. The van der Waals surface area contributed by atoms with Crippen molar-refractivity contribution in [3.05, 3.63) is 204 Å². The van der Waals surface area contributed by atoms with Crippen LogP contribution >= 0.6 is 17.2 Å². The molecular weight excluding hydrogens is 691 g/mol. The van der Waals surface area contributed by atoms with Gasteiger partial charge >= 0.3 is 0 Å². The fraction of sp³-hybridized carbons (Fsp3) is 0.120. The van der Waals surface area contributed by atoms with E-state index in [1.807, 2.05) is 0 Å². The van der Waals surface area contributed by atoms with Gasteiger partial charge in [-0.3, -0.25) is 0 Å². The van der Waals surface area contributed by atoms with E-state index in [0.717, 1.165) is 0 Å². The first-order chi connectivity index (χ1) is 26.4. The van der Waals surface area contributed by atoms with Crippen molar-refractivity contribution < 1.29 is 0 Å². The summed E-state index contributed by atoms with van der Waals surface area (Å²) in [5, 5.41) is 7.84. The molecule has 8 rings (SSSR count). The van der Waals surface area contributed by atoms with Gasteiger partial charge in [0.05, 0.1) is 0 Å². The first-order valence-corrected chi connectivity index (χ1v) is 20.8. The van der Waals surface area contributed by atoms with Crippen LogP contribution in [0.15, 0.2) is 182 Å². The molecule has 0 aliphatic carbocycles. The average molecular weight is 737 g/mol. The van der Waals surface area contributed by atoms with Gasteiger partial charge < -0.3 is 9.80 Å². The molecule has 8 aromatic carbocycles. The van der Waals surface area contributed by atoms with E-state index >= 15 is 0 Å². The van der Waals surface area contributed by atoms with Crippen molar-refractivity contribution in [3.8, 4) is 11.1 Å². The van der Waals surface area contributed by atoms with E-state index in [-0.39, 0.29) is 11.3 Å². The topological polar surface area (TPSA) is 6.48 Å². The van der Waals surface area contributed by atoms with E-state index in [1.165, 1.54) is 76.9 Å². The van der Waals surface area contributed by atoms with Crippen LogP contribution in [0, 0.1) is 0 Å². The Kier molecular flexibility index (Phi) is 10.6. The quantitative estimate of drug-likeness (QED) is 0.122. The Morgan fingerprint density at radius 2 is 0.704 bits per heavy atom. The van der Waals surface area contributed by atoms with Crippen molar-refractivity contribution in [2.45, 2.75) is 11.3 Å². The lowest BCUT2D eigenvalue weighted by Gasteiger charge is -2.28. The zero-order chi connectivity index (χ0) is 37.0. The highest BCUT2D eigenvalue weighted by Crippen LogP contribution is 2.52. The van der Waals surface area contributed by atoms with Gasteiger partial charge in [0.25, 0.3) is 0 Å². The van der Waals surface area contributed by atoms with Crippen LogP contribution in [-0.4, -0.2) is 28.2 Å². The molecule has 0 saturated heterocycles. The Hall–Kier alpha value is -5.26. The average Bonchev–Trinajstić information content (AvgIpc) is 3.22. The number of nitrogens with zero attached hydrogens (tertiary/aromatic N) is 2. The van der Waals surface area contributed by atoms with Gasteiger partial charge in [-0.2, -0.15) is 0 Å². The maximum Gasteiger partial charge on any atom is 0.0361 e. The van der Waals surface area contributed by atoms with E-state index in [4.69, 9.17) is 0 Å². The van der Waals surface area contributed by atoms with Crippen molar-refractivity contribution in [1.29, 1.82) is 0 Å². The normalized spacial score (nSPS) is 12.9. The molecule has 8 aromatic rings. The second-order valence-electron chi connectivity index (χ2n) is 14.4. The molecule has 54 heavy (non-hydrogen) atoms. The summed E-state index contributed by atoms with van der Waals surface area (Å²) in [5.41, 5.74) is 10.9. The lowest BCUT2D eigenvalue weighted by Crippen LogP contribution is -2.10. The van der Waals surface area contributed by atoms with Gasteiger partial charge in [-0.25, -0.2) is 0 Å². The van der Waals surface area contributed by atoms with Crippen LogP contribution in [0.3, 0.4) is 0 Å². The highest BCUT2D eigenvalue weighted by Gasteiger charge is 2.27. The lowest BCUT2D eigenvalue weighted by atomic mass is 9.83. The third-order valence-corrected chi connectivity index (χ3v) is 13.6. The lowest BCUT2D eigenvalue weighted by molar-refractivity contribution is 1.13. The Balaban J connectivity index is 1.40. The van der Waals surface area contributed by atoms with Crippen LogP contribution in [0.1, 0.15) is 33.6 Å². The number of benzene rings is 8. The molecule has 0 radical (unpaired) electrons. The Bertz CT molecular complexity index is 2320. The zero-order valence-corrected chi connectivity index (χ0v) is 33.4. The molecule has 0 amide bonds. The van der Waals surface area contributed by atoms with Crippen molar-refractivity contribution in [3.63, 3.8) is 0 Å². The van der Waals surface area contributed by atoms with Gasteiger partial charge in [0.1, 0.15) is 0 Å². The summed E-state index contributed by atoms with van der Waals surface area (Å²) in [6.07, 6.45) is 0. The predicted molar refractivity (Wildman–Crippen MR) is 241 cm³/mol. The SMILES string of the molecule is CN(C)c1ccc(PC(c2ccccc2)c2ccc3ccccc3c2-c2c(C(Pc3ccc(N(C)C)cc3)c3ccccc3)ccc3ccccc23)cc1. The molecule has 0 aliphatic heterocycles. The molecule has 0 spiro atoms. The number of rotatable bonds is 11. The molecule has 0 heterocycles. The minimum absolute atomic E-state index is 0.166. The summed E-state index contributed by atoms with van der Waals surface area (Å²) in [6, 6.07) is 68.2. The molecule has 0 N–H and O–H groups in total. The predicted octanol–water partition coefficient (Wildman–Crippen LogP) is 12.0. The van der Waals surface area contributed by atoms with Gasteiger partial charge in [-0.05, 0) is 89.8 Å². The molecular formula is C50H46N2P2. The first kappa shape index (κ1) is 35.8. The maximum atomic E-state index is 2.43. The molecule has 4 unspecified atom stereocenters. The number of anilines is 2. The van der Waals surface area contributed by atoms with Gasteiger partial charge in [0, 0.05) is 50.9 Å². The first-order valence-electron chi connectivity index (χ1n) is 18.7. The van der Waals surface area contributed by atoms with Crippen LogP contribution in [0.25, 0.3) is 32.7 Å². The van der Waals surface area contributed by atoms with Gasteiger partial charge in [0.15, 0.2) is 0 Å². The van der Waals surface area contributed by atoms with Crippen LogP contribution < -0.4 is 20.4 Å².